The molecule has 0 aromatic heterocycles. The van der Waals surface area contributed by atoms with E-state index in [1.54, 1.807) is 13.8 Å². The number of amides is 1. The van der Waals surface area contributed by atoms with Crippen molar-refractivity contribution in [3.05, 3.63) is 101 Å². The number of carbonyl (C=O) groups excluding carboxylic acids is 1. The number of nitrogens with one attached hydrogen (secondary N) is 1. The van der Waals surface area contributed by atoms with Gasteiger partial charge in [-0.05, 0) is 43.0 Å². The summed E-state index contributed by atoms with van der Waals surface area (Å²) in [5.41, 5.74) is 6.35. The van der Waals surface area contributed by atoms with E-state index in [9.17, 15) is 13.2 Å². The van der Waals surface area contributed by atoms with Crippen molar-refractivity contribution >= 4 is 22.1 Å². The molecular formula is C25H27N3O3S. The summed E-state index contributed by atoms with van der Waals surface area (Å²) in [6.45, 7) is 5.20. The van der Waals surface area contributed by atoms with E-state index in [4.69, 9.17) is 0 Å². The van der Waals surface area contributed by atoms with Gasteiger partial charge in [-0.2, -0.15) is 9.41 Å². The molecule has 3 rings (SSSR count). The summed E-state index contributed by atoms with van der Waals surface area (Å²) in [6, 6.07) is 22.2. The summed E-state index contributed by atoms with van der Waals surface area (Å²) >= 11 is 0. The molecule has 0 aliphatic heterocycles. The molecule has 0 fully saturated rings. The fourth-order valence-corrected chi connectivity index (χ4v) is 5.43. The number of benzene rings is 3. The lowest BCUT2D eigenvalue weighted by Gasteiger charge is -2.24. The molecule has 166 valence electrons. The normalized spacial score (nSPS) is 11.8. The van der Waals surface area contributed by atoms with Gasteiger partial charge in [-0.3, -0.25) is 4.79 Å². The fourth-order valence-electron chi connectivity index (χ4n) is 3.63. The third-order valence-corrected chi connectivity index (χ3v) is 7.02. The minimum absolute atomic E-state index is 0.0751. The van der Waals surface area contributed by atoms with Gasteiger partial charge in [0, 0.05) is 6.54 Å². The Morgan fingerprint density at radius 1 is 0.938 bits per heavy atom. The van der Waals surface area contributed by atoms with E-state index in [1.807, 2.05) is 79.7 Å². The maximum absolute atomic E-state index is 13.6. The molecule has 32 heavy (non-hydrogen) atoms. The Labute approximate surface area is 189 Å². The number of carbonyl (C=O) groups is 1. The van der Waals surface area contributed by atoms with E-state index >= 15 is 0 Å². The highest BCUT2D eigenvalue weighted by Crippen LogP contribution is 2.26. The number of hydrogen-bond acceptors (Lipinski definition) is 4. The van der Waals surface area contributed by atoms with Crippen LogP contribution in [-0.2, 0) is 21.4 Å². The average molecular weight is 450 g/mol. The second kappa shape index (κ2) is 10.3. The second-order valence-electron chi connectivity index (χ2n) is 7.69. The standard InChI is InChI=1S/C25H27N3O3S/c1-19-14-20(2)25(21(3)15-19)32(30,31)28(17-23-12-8-5-9-13-23)18-24(29)27-26-16-22-10-6-4-7-11-22/h4-16H,17-18H2,1-3H3,(H,27,29)/b26-16-. The van der Waals surface area contributed by atoms with E-state index in [-0.39, 0.29) is 18.0 Å². The molecule has 0 aliphatic carbocycles. The van der Waals surface area contributed by atoms with Crippen LogP contribution in [0.25, 0.3) is 0 Å². The highest BCUT2D eigenvalue weighted by atomic mass is 32.2. The summed E-state index contributed by atoms with van der Waals surface area (Å²) in [6.07, 6.45) is 1.52. The topological polar surface area (TPSA) is 78.8 Å². The zero-order valence-corrected chi connectivity index (χ0v) is 19.3. The predicted octanol–water partition coefficient (Wildman–Crippen LogP) is 3.95. The summed E-state index contributed by atoms with van der Waals surface area (Å²) in [4.78, 5) is 12.8. The van der Waals surface area contributed by atoms with E-state index < -0.39 is 15.9 Å². The molecule has 6 nitrogen and oxygen atoms in total. The number of nitrogens with zero attached hydrogens (tertiary/aromatic N) is 2. The van der Waals surface area contributed by atoms with Crippen LogP contribution in [0.4, 0.5) is 0 Å². The summed E-state index contributed by atoms with van der Waals surface area (Å²) < 4.78 is 28.5. The lowest BCUT2D eigenvalue weighted by Crippen LogP contribution is -2.39. The van der Waals surface area contributed by atoms with Gasteiger partial charge in [0.15, 0.2) is 0 Å². The van der Waals surface area contributed by atoms with Crippen molar-refractivity contribution in [3.8, 4) is 0 Å². The summed E-state index contributed by atoms with van der Waals surface area (Å²) in [5.74, 6) is -0.515. The third-order valence-electron chi connectivity index (χ3n) is 4.93. The van der Waals surface area contributed by atoms with Crippen molar-refractivity contribution < 1.29 is 13.2 Å². The van der Waals surface area contributed by atoms with Gasteiger partial charge in [0.1, 0.15) is 0 Å². The Hall–Kier alpha value is -3.29. The molecule has 1 amide bonds. The molecule has 0 saturated heterocycles. The maximum Gasteiger partial charge on any atom is 0.255 e. The van der Waals surface area contributed by atoms with Gasteiger partial charge in [0.25, 0.3) is 5.91 Å². The summed E-state index contributed by atoms with van der Waals surface area (Å²) in [5, 5.41) is 3.96. The van der Waals surface area contributed by atoms with Crippen LogP contribution in [0.5, 0.6) is 0 Å². The van der Waals surface area contributed by atoms with Gasteiger partial charge in [-0.25, -0.2) is 13.8 Å². The highest BCUT2D eigenvalue weighted by molar-refractivity contribution is 7.89. The molecule has 0 spiro atoms. The number of aryl methyl sites for hydroxylation is 3. The van der Waals surface area contributed by atoms with Crippen LogP contribution in [0.15, 0.2) is 82.8 Å². The van der Waals surface area contributed by atoms with E-state index in [0.717, 1.165) is 16.7 Å². The first-order valence-corrected chi connectivity index (χ1v) is 11.7. The lowest BCUT2D eigenvalue weighted by molar-refractivity contribution is -0.121. The number of sulfonamides is 1. The molecule has 0 heterocycles. The van der Waals surface area contributed by atoms with E-state index in [0.29, 0.717) is 11.1 Å². The molecule has 0 radical (unpaired) electrons. The predicted molar refractivity (Wildman–Crippen MR) is 127 cm³/mol. The lowest BCUT2D eigenvalue weighted by atomic mass is 10.1. The van der Waals surface area contributed by atoms with Gasteiger partial charge < -0.3 is 0 Å². The average Bonchev–Trinajstić information content (AvgIpc) is 2.74. The van der Waals surface area contributed by atoms with Crippen molar-refractivity contribution in [1.29, 1.82) is 0 Å². The Bertz CT molecular complexity index is 1180. The molecule has 3 aromatic carbocycles. The SMILES string of the molecule is Cc1cc(C)c(S(=O)(=O)N(CC(=O)N/N=C\c2ccccc2)Cc2ccccc2)c(C)c1. The van der Waals surface area contributed by atoms with Crippen LogP contribution >= 0.6 is 0 Å². The largest absolute Gasteiger partial charge is 0.272 e. The molecule has 0 aliphatic rings. The van der Waals surface area contributed by atoms with Crippen LogP contribution in [-0.4, -0.2) is 31.4 Å². The quantitative estimate of drug-likeness (QED) is 0.418. The first kappa shape index (κ1) is 23.4. The van der Waals surface area contributed by atoms with Crippen LogP contribution < -0.4 is 5.43 Å². The molecule has 7 heteroatoms. The number of hydrazone groups is 1. The van der Waals surface area contributed by atoms with Gasteiger partial charge in [0.05, 0.1) is 17.7 Å². The highest BCUT2D eigenvalue weighted by Gasteiger charge is 2.29. The van der Waals surface area contributed by atoms with Crippen molar-refractivity contribution in [1.82, 2.24) is 9.73 Å². The zero-order valence-electron chi connectivity index (χ0n) is 18.4. The molecule has 0 bridgehead atoms. The first-order valence-electron chi connectivity index (χ1n) is 10.3. The van der Waals surface area contributed by atoms with Crippen LogP contribution in [0.1, 0.15) is 27.8 Å². The Morgan fingerprint density at radius 2 is 1.50 bits per heavy atom. The second-order valence-corrected chi connectivity index (χ2v) is 9.57. The Morgan fingerprint density at radius 3 is 2.09 bits per heavy atom. The van der Waals surface area contributed by atoms with Gasteiger partial charge in [-0.15, -0.1) is 0 Å². The zero-order chi connectivity index (χ0) is 23.1. The minimum atomic E-state index is -3.93. The van der Waals surface area contributed by atoms with Gasteiger partial charge >= 0.3 is 0 Å². The minimum Gasteiger partial charge on any atom is -0.272 e. The summed E-state index contributed by atoms with van der Waals surface area (Å²) in [7, 11) is -3.93. The van der Waals surface area contributed by atoms with Crippen LogP contribution in [0.3, 0.4) is 0 Å². The van der Waals surface area contributed by atoms with Crippen molar-refractivity contribution in [2.45, 2.75) is 32.2 Å². The maximum atomic E-state index is 13.6. The molecule has 0 saturated carbocycles. The first-order chi connectivity index (χ1) is 15.3. The molecule has 0 unspecified atom stereocenters. The number of rotatable bonds is 8. The molecule has 3 aromatic rings. The van der Waals surface area contributed by atoms with Crippen molar-refractivity contribution in [3.63, 3.8) is 0 Å². The Balaban J connectivity index is 1.87. The fraction of sp³-hybridized carbons (Fsp3) is 0.200. The van der Waals surface area contributed by atoms with Crippen molar-refractivity contribution in [2.24, 2.45) is 5.10 Å². The van der Waals surface area contributed by atoms with Gasteiger partial charge in [0.2, 0.25) is 10.0 Å². The molecule has 0 atom stereocenters. The van der Waals surface area contributed by atoms with Crippen molar-refractivity contribution in [2.75, 3.05) is 6.54 Å². The third kappa shape index (κ3) is 5.90. The van der Waals surface area contributed by atoms with Crippen LogP contribution in [0, 0.1) is 20.8 Å². The molecule has 1 N–H and O–H groups in total. The monoisotopic (exact) mass is 449 g/mol. The smallest absolute Gasteiger partial charge is 0.255 e. The Kier molecular flexibility index (Phi) is 7.56. The number of hydrogen-bond donors (Lipinski definition) is 1. The van der Waals surface area contributed by atoms with E-state index in [1.165, 1.54) is 10.5 Å². The van der Waals surface area contributed by atoms with Gasteiger partial charge in [-0.1, -0.05) is 78.4 Å². The van der Waals surface area contributed by atoms with Crippen LogP contribution in [0.2, 0.25) is 0 Å². The molecular weight excluding hydrogens is 422 g/mol. The van der Waals surface area contributed by atoms with E-state index in [2.05, 4.69) is 10.5 Å².